The maximum atomic E-state index is 12.4. The number of aromatic nitrogens is 3. The van der Waals surface area contributed by atoms with Crippen LogP contribution in [-0.4, -0.2) is 65.9 Å². The minimum Gasteiger partial charge on any atom is -0.491 e. The van der Waals surface area contributed by atoms with E-state index in [1.54, 1.807) is 18.3 Å². The van der Waals surface area contributed by atoms with E-state index in [-0.39, 0.29) is 19.0 Å². The number of pyridine rings is 1. The third kappa shape index (κ3) is 4.54. The van der Waals surface area contributed by atoms with Crippen molar-refractivity contribution in [1.82, 2.24) is 15.0 Å². The molecule has 1 fully saturated rings. The second-order valence-corrected chi connectivity index (χ2v) is 7.60. The highest BCUT2D eigenvalue weighted by Gasteiger charge is 2.26. The van der Waals surface area contributed by atoms with Crippen molar-refractivity contribution in [1.29, 1.82) is 0 Å². The molecule has 8 nitrogen and oxygen atoms in total. The number of fused-ring (bicyclic) bond motifs is 1. The van der Waals surface area contributed by atoms with Crippen LogP contribution in [-0.2, 0) is 22.4 Å². The average molecular weight is 398 g/mol. The Hall–Kier alpha value is -2.58. The first kappa shape index (κ1) is 19.7. The second-order valence-electron chi connectivity index (χ2n) is 7.60. The van der Waals surface area contributed by atoms with Crippen molar-refractivity contribution in [3.05, 3.63) is 29.6 Å². The lowest BCUT2D eigenvalue weighted by Crippen LogP contribution is -2.34. The van der Waals surface area contributed by atoms with E-state index in [1.807, 2.05) is 11.9 Å². The van der Waals surface area contributed by atoms with E-state index < -0.39 is 0 Å². The zero-order chi connectivity index (χ0) is 20.2. The van der Waals surface area contributed by atoms with Crippen LogP contribution in [0.4, 0.5) is 5.82 Å². The van der Waals surface area contributed by atoms with Gasteiger partial charge in [0.15, 0.2) is 11.6 Å². The summed E-state index contributed by atoms with van der Waals surface area (Å²) >= 11 is 0. The van der Waals surface area contributed by atoms with Gasteiger partial charge in [-0.3, -0.25) is 9.78 Å². The molecule has 0 aromatic carbocycles. The lowest BCUT2D eigenvalue weighted by Gasteiger charge is -2.26. The number of aliphatic hydroxyl groups excluding tert-OH is 1. The lowest BCUT2D eigenvalue weighted by atomic mass is 10.0. The van der Waals surface area contributed by atoms with Gasteiger partial charge in [0.1, 0.15) is 23.9 Å². The number of aryl methyl sites for hydroxylation is 1. The molecule has 1 N–H and O–H groups in total. The van der Waals surface area contributed by atoms with Gasteiger partial charge in [-0.05, 0) is 25.3 Å². The molecule has 0 radical (unpaired) electrons. The Labute approximate surface area is 169 Å². The number of rotatable bonds is 9. The molecule has 0 amide bonds. The van der Waals surface area contributed by atoms with Crippen molar-refractivity contribution < 1.29 is 19.4 Å². The van der Waals surface area contributed by atoms with Gasteiger partial charge >= 0.3 is 0 Å². The van der Waals surface area contributed by atoms with E-state index in [9.17, 15) is 4.79 Å². The molecule has 4 rings (SSSR count). The van der Waals surface area contributed by atoms with Crippen molar-refractivity contribution in [2.45, 2.75) is 25.7 Å². The van der Waals surface area contributed by atoms with Crippen LogP contribution in [0.3, 0.4) is 0 Å². The Morgan fingerprint density at radius 3 is 2.97 bits per heavy atom. The summed E-state index contributed by atoms with van der Waals surface area (Å²) in [5, 5.41) is 8.96. The third-order valence-corrected chi connectivity index (χ3v) is 5.23. The zero-order valence-corrected chi connectivity index (χ0v) is 16.6. The third-order valence-electron chi connectivity index (χ3n) is 5.23. The minimum atomic E-state index is -0.0526. The maximum Gasteiger partial charge on any atom is 0.180 e. The normalized spacial score (nSPS) is 15.7. The predicted octanol–water partition coefficient (Wildman–Crippen LogP) is 1.44. The maximum absolute atomic E-state index is 12.4. The number of likely N-dealkylation sites (N-methyl/N-ethyl adjacent to an activating group) is 1. The Bertz CT molecular complexity index is 885. The highest BCUT2D eigenvalue weighted by molar-refractivity contribution is 5.83. The number of Topliss-reactive ketones (excluding diaryl/α,β-unsaturated/α-hetero) is 1. The second kappa shape index (κ2) is 8.84. The summed E-state index contributed by atoms with van der Waals surface area (Å²) in [6.45, 7) is 1.86. The van der Waals surface area contributed by atoms with Crippen LogP contribution in [0.1, 0.15) is 24.1 Å². The lowest BCUT2D eigenvalue weighted by molar-refractivity contribution is -0.123. The molecule has 0 atom stereocenters. The molecular weight excluding hydrogens is 372 g/mol. The summed E-state index contributed by atoms with van der Waals surface area (Å²) in [4.78, 5) is 28.3. The average Bonchev–Trinajstić information content (AvgIpc) is 3.17. The van der Waals surface area contributed by atoms with Gasteiger partial charge in [-0.25, -0.2) is 9.97 Å². The molecule has 2 aromatic heterocycles. The summed E-state index contributed by atoms with van der Waals surface area (Å²) in [6, 6.07) is 3.51. The molecule has 2 aliphatic rings. The molecule has 1 aliphatic heterocycles. The summed E-state index contributed by atoms with van der Waals surface area (Å²) in [7, 11) is 1.91. The number of carbonyl (C=O) groups is 1. The van der Waals surface area contributed by atoms with E-state index in [0.717, 1.165) is 36.3 Å². The predicted molar refractivity (Wildman–Crippen MR) is 107 cm³/mol. The Balaban J connectivity index is 1.58. The number of ether oxygens (including phenoxy) is 2. The van der Waals surface area contributed by atoms with Crippen molar-refractivity contribution in [3.8, 4) is 17.3 Å². The molecule has 29 heavy (non-hydrogen) atoms. The molecule has 1 aliphatic carbocycles. The topological polar surface area (TPSA) is 97.7 Å². The van der Waals surface area contributed by atoms with Gasteiger partial charge in [-0.1, -0.05) is 0 Å². The molecule has 154 valence electrons. The highest BCUT2D eigenvalue weighted by Crippen LogP contribution is 2.31. The SMILES string of the molecule is CN(CC(=O)CC1COC1)c1nc(-c2cc(OCCO)ccn2)nc2c1CCC2. The van der Waals surface area contributed by atoms with Crippen molar-refractivity contribution in [2.75, 3.05) is 44.9 Å². The highest BCUT2D eigenvalue weighted by atomic mass is 16.5. The van der Waals surface area contributed by atoms with Crippen LogP contribution in [0.5, 0.6) is 5.75 Å². The van der Waals surface area contributed by atoms with Gasteiger partial charge in [0.2, 0.25) is 0 Å². The first-order valence-electron chi connectivity index (χ1n) is 10.0. The van der Waals surface area contributed by atoms with Crippen LogP contribution in [0.2, 0.25) is 0 Å². The number of carbonyl (C=O) groups excluding carboxylic acids is 1. The molecule has 3 heterocycles. The fourth-order valence-electron chi connectivity index (χ4n) is 3.76. The summed E-state index contributed by atoms with van der Waals surface area (Å²) < 4.78 is 10.6. The van der Waals surface area contributed by atoms with E-state index in [0.29, 0.717) is 49.4 Å². The Kier molecular flexibility index (Phi) is 6.01. The van der Waals surface area contributed by atoms with Gasteiger partial charge in [0.25, 0.3) is 0 Å². The van der Waals surface area contributed by atoms with Gasteiger partial charge < -0.3 is 19.5 Å². The van der Waals surface area contributed by atoms with Crippen LogP contribution < -0.4 is 9.64 Å². The van der Waals surface area contributed by atoms with Gasteiger partial charge in [-0.15, -0.1) is 0 Å². The minimum absolute atomic E-state index is 0.0526. The van der Waals surface area contributed by atoms with E-state index in [1.165, 1.54) is 0 Å². The largest absolute Gasteiger partial charge is 0.491 e. The zero-order valence-electron chi connectivity index (χ0n) is 16.6. The number of hydrogen-bond acceptors (Lipinski definition) is 8. The molecule has 2 aromatic rings. The summed E-state index contributed by atoms with van der Waals surface area (Å²) in [5.41, 5.74) is 2.77. The molecule has 0 spiro atoms. The number of anilines is 1. The van der Waals surface area contributed by atoms with E-state index >= 15 is 0 Å². The number of aliphatic hydroxyl groups is 1. The molecule has 0 bridgehead atoms. The number of ketones is 1. The first-order valence-corrected chi connectivity index (χ1v) is 10.0. The molecule has 0 saturated carbocycles. The molecule has 8 heteroatoms. The fourth-order valence-corrected chi connectivity index (χ4v) is 3.76. The van der Waals surface area contributed by atoms with Crippen LogP contribution in [0.25, 0.3) is 11.5 Å². The monoisotopic (exact) mass is 398 g/mol. The van der Waals surface area contributed by atoms with Crippen LogP contribution in [0, 0.1) is 5.92 Å². The van der Waals surface area contributed by atoms with Crippen molar-refractivity contribution in [2.24, 2.45) is 5.92 Å². The summed E-state index contributed by atoms with van der Waals surface area (Å²) in [5.74, 6) is 2.51. The molecule has 1 saturated heterocycles. The van der Waals surface area contributed by atoms with E-state index in [2.05, 4.69) is 4.98 Å². The van der Waals surface area contributed by atoms with Gasteiger partial charge in [0.05, 0.1) is 26.4 Å². The summed E-state index contributed by atoms with van der Waals surface area (Å²) in [6.07, 6.45) is 5.06. The van der Waals surface area contributed by atoms with Gasteiger partial charge in [0, 0.05) is 42.9 Å². The van der Waals surface area contributed by atoms with Crippen molar-refractivity contribution >= 4 is 11.6 Å². The number of nitrogens with zero attached hydrogens (tertiary/aromatic N) is 4. The standard InChI is InChI=1S/C21H26N4O4/c1-25(11-15(27)9-14-12-28-13-14)21-17-3-2-4-18(17)23-20(24-21)19-10-16(5-6-22-19)29-8-7-26/h5-6,10,14,26H,2-4,7-9,11-13H2,1H3. The number of hydrogen-bond donors (Lipinski definition) is 1. The Morgan fingerprint density at radius 1 is 1.34 bits per heavy atom. The van der Waals surface area contributed by atoms with Crippen molar-refractivity contribution in [3.63, 3.8) is 0 Å². The quantitative estimate of drug-likeness (QED) is 0.678. The molecular formula is C21H26N4O4. The fraction of sp³-hybridized carbons (Fsp3) is 0.524. The van der Waals surface area contributed by atoms with Crippen LogP contribution >= 0.6 is 0 Å². The van der Waals surface area contributed by atoms with Gasteiger partial charge in [-0.2, -0.15) is 0 Å². The Morgan fingerprint density at radius 2 is 2.21 bits per heavy atom. The van der Waals surface area contributed by atoms with E-state index in [4.69, 9.17) is 24.5 Å². The first-order chi connectivity index (χ1) is 14.1. The molecule has 0 unspecified atom stereocenters. The van der Waals surface area contributed by atoms with Crippen LogP contribution in [0.15, 0.2) is 18.3 Å². The smallest absolute Gasteiger partial charge is 0.180 e.